The standard InChI is InChI=1S/C12H17FN2O2/c1-3-17-11-5-4-9(6-10(11)13)15-12(16)8(2)7-14/h4-6,8H,3,7,14H2,1-2H3,(H,15,16). The second-order valence-electron chi connectivity index (χ2n) is 3.70. The van der Waals surface area contributed by atoms with Gasteiger partial charge in [-0.15, -0.1) is 0 Å². The Morgan fingerprint density at radius 3 is 2.82 bits per heavy atom. The number of rotatable bonds is 5. The van der Waals surface area contributed by atoms with Crippen LogP contribution < -0.4 is 15.8 Å². The first-order chi connectivity index (χ1) is 8.08. The van der Waals surface area contributed by atoms with Gasteiger partial charge >= 0.3 is 0 Å². The predicted octanol–water partition coefficient (Wildman–Crippen LogP) is 1.76. The number of amides is 1. The quantitative estimate of drug-likeness (QED) is 0.824. The second kappa shape index (κ2) is 6.20. The number of hydrogen-bond donors (Lipinski definition) is 2. The van der Waals surface area contributed by atoms with Crippen molar-refractivity contribution in [1.29, 1.82) is 0 Å². The van der Waals surface area contributed by atoms with E-state index in [-0.39, 0.29) is 24.1 Å². The first kappa shape index (κ1) is 13.4. The van der Waals surface area contributed by atoms with Crippen molar-refractivity contribution in [1.82, 2.24) is 0 Å². The monoisotopic (exact) mass is 240 g/mol. The third-order valence-corrected chi connectivity index (χ3v) is 2.30. The second-order valence-corrected chi connectivity index (χ2v) is 3.70. The molecule has 0 fully saturated rings. The Kier molecular flexibility index (Phi) is 4.90. The average Bonchev–Trinajstić information content (AvgIpc) is 2.31. The van der Waals surface area contributed by atoms with Crippen molar-refractivity contribution >= 4 is 11.6 Å². The molecule has 3 N–H and O–H groups in total. The van der Waals surface area contributed by atoms with E-state index in [1.165, 1.54) is 12.1 Å². The summed E-state index contributed by atoms with van der Waals surface area (Å²) in [6, 6.07) is 4.31. The summed E-state index contributed by atoms with van der Waals surface area (Å²) in [5.74, 6) is -0.844. The molecule has 0 saturated carbocycles. The van der Waals surface area contributed by atoms with Gasteiger partial charge in [-0.1, -0.05) is 6.92 Å². The summed E-state index contributed by atoms with van der Waals surface area (Å²) in [7, 11) is 0. The Morgan fingerprint density at radius 1 is 1.59 bits per heavy atom. The molecule has 0 aliphatic heterocycles. The molecule has 1 unspecified atom stereocenters. The molecular formula is C12H17FN2O2. The van der Waals surface area contributed by atoms with Crippen molar-refractivity contribution in [3.8, 4) is 5.75 Å². The van der Waals surface area contributed by atoms with Crippen molar-refractivity contribution in [2.24, 2.45) is 11.7 Å². The topological polar surface area (TPSA) is 64.3 Å². The van der Waals surface area contributed by atoms with Crippen molar-refractivity contribution in [2.45, 2.75) is 13.8 Å². The number of hydrogen-bond acceptors (Lipinski definition) is 3. The lowest BCUT2D eigenvalue weighted by atomic mass is 10.1. The highest BCUT2D eigenvalue weighted by Gasteiger charge is 2.12. The summed E-state index contributed by atoms with van der Waals surface area (Å²) in [5, 5.41) is 2.59. The normalized spacial score (nSPS) is 12.0. The van der Waals surface area contributed by atoms with Crippen LogP contribution in [-0.4, -0.2) is 19.1 Å². The fraction of sp³-hybridized carbons (Fsp3) is 0.417. The number of nitrogens with two attached hydrogens (primary N) is 1. The number of nitrogens with one attached hydrogen (secondary N) is 1. The molecule has 4 nitrogen and oxygen atoms in total. The van der Waals surface area contributed by atoms with Crippen LogP contribution in [-0.2, 0) is 4.79 Å². The van der Waals surface area contributed by atoms with Gasteiger partial charge < -0.3 is 15.8 Å². The molecule has 0 heterocycles. The van der Waals surface area contributed by atoms with Crippen LogP contribution in [0.1, 0.15) is 13.8 Å². The number of benzene rings is 1. The van der Waals surface area contributed by atoms with E-state index in [0.29, 0.717) is 12.3 Å². The molecule has 17 heavy (non-hydrogen) atoms. The number of carbonyl (C=O) groups excluding carboxylic acids is 1. The molecule has 1 amide bonds. The van der Waals surface area contributed by atoms with E-state index in [1.807, 2.05) is 0 Å². The molecule has 94 valence electrons. The van der Waals surface area contributed by atoms with E-state index < -0.39 is 5.82 Å². The zero-order chi connectivity index (χ0) is 12.8. The first-order valence-corrected chi connectivity index (χ1v) is 5.51. The summed E-state index contributed by atoms with van der Waals surface area (Å²) in [5.41, 5.74) is 5.76. The van der Waals surface area contributed by atoms with Crippen molar-refractivity contribution in [2.75, 3.05) is 18.5 Å². The molecule has 0 saturated heterocycles. The van der Waals surface area contributed by atoms with Gasteiger partial charge in [0.25, 0.3) is 0 Å². The summed E-state index contributed by atoms with van der Waals surface area (Å²) in [4.78, 5) is 11.5. The van der Waals surface area contributed by atoms with Crippen LogP contribution in [0.3, 0.4) is 0 Å². The zero-order valence-corrected chi connectivity index (χ0v) is 10.00. The first-order valence-electron chi connectivity index (χ1n) is 5.51. The van der Waals surface area contributed by atoms with Crippen LogP contribution in [0.15, 0.2) is 18.2 Å². The van der Waals surface area contributed by atoms with Gasteiger partial charge in [0.1, 0.15) is 0 Å². The van der Waals surface area contributed by atoms with E-state index in [2.05, 4.69) is 5.32 Å². The Bertz CT molecular complexity index is 396. The van der Waals surface area contributed by atoms with Crippen LogP contribution >= 0.6 is 0 Å². The van der Waals surface area contributed by atoms with Gasteiger partial charge in [-0.2, -0.15) is 0 Å². The number of carbonyl (C=O) groups is 1. The zero-order valence-electron chi connectivity index (χ0n) is 10.00. The van der Waals surface area contributed by atoms with Crippen LogP contribution in [0.5, 0.6) is 5.75 Å². The van der Waals surface area contributed by atoms with Crippen LogP contribution in [0.2, 0.25) is 0 Å². The van der Waals surface area contributed by atoms with Crippen LogP contribution in [0, 0.1) is 11.7 Å². The maximum absolute atomic E-state index is 13.5. The van der Waals surface area contributed by atoms with Crippen molar-refractivity contribution in [3.05, 3.63) is 24.0 Å². The summed E-state index contributed by atoms with van der Waals surface area (Å²) in [6.45, 7) is 4.14. The predicted molar refractivity (Wildman–Crippen MR) is 64.4 cm³/mol. The maximum Gasteiger partial charge on any atom is 0.228 e. The minimum Gasteiger partial charge on any atom is -0.491 e. The van der Waals surface area contributed by atoms with Crippen molar-refractivity contribution < 1.29 is 13.9 Å². The summed E-state index contributed by atoms with van der Waals surface area (Å²) < 4.78 is 18.5. The molecule has 0 aliphatic rings. The lowest BCUT2D eigenvalue weighted by Crippen LogP contribution is -2.26. The molecule has 1 aromatic carbocycles. The number of halogens is 1. The third kappa shape index (κ3) is 3.71. The van der Waals surface area contributed by atoms with Crippen LogP contribution in [0.25, 0.3) is 0 Å². The highest BCUT2D eigenvalue weighted by atomic mass is 19.1. The molecule has 0 spiro atoms. The van der Waals surface area contributed by atoms with E-state index in [1.54, 1.807) is 19.9 Å². The smallest absolute Gasteiger partial charge is 0.228 e. The largest absolute Gasteiger partial charge is 0.491 e. The van der Waals surface area contributed by atoms with Crippen molar-refractivity contribution in [3.63, 3.8) is 0 Å². The van der Waals surface area contributed by atoms with E-state index in [0.717, 1.165) is 0 Å². The molecule has 0 aromatic heterocycles. The highest BCUT2D eigenvalue weighted by molar-refractivity contribution is 5.92. The fourth-order valence-electron chi connectivity index (χ4n) is 1.22. The minimum absolute atomic E-state index is 0.178. The van der Waals surface area contributed by atoms with Gasteiger partial charge in [0.15, 0.2) is 11.6 Å². The van der Waals surface area contributed by atoms with E-state index >= 15 is 0 Å². The Balaban J connectivity index is 2.73. The summed E-state index contributed by atoms with van der Waals surface area (Å²) in [6.07, 6.45) is 0. The lowest BCUT2D eigenvalue weighted by Gasteiger charge is -2.11. The minimum atomic E-state index is -0.495. The summed E-state index contributed by atoms with van der Waals surface area (Å²) >= 11 is 0. The molecule has 0 bridgehead atoms. The Labute approximate surface area is 100.0 Å². The van der Waals surface area contributed by atoms with Gasteiger partial charge in [-0.3, -0.25) is 4.79 Å². The van der Waals surface area contributed by atoms with Gasteiger partial charge in [-0.05, 0) is 19.1 Å². The van der Waals surface area contributed by atoms with E-state index in [4.69, 9.17) is 10.5 Å². The molecule has 1 aromatic rings. The molecule has 5 heteroatoms. The van der Waals surface area contributed by atoms with E-state index in [9.17, 15) is 9.18 Å². The average molecular weight is 240 g/mol. The molecule has 0 radical (unpaired) electrons. The molecule has 0 aliphatic carbocycles. The van der Waals surface area contributed by atoms with Gasteiger partial charge in [0.05, 0.1) is 6.61 Å². The molecular weight excluding hydrogens is 223 g/mol. The number of ether oxygens (including phenoxy) is 1. The lowest BCUT2D eigenvalue weighted by molar-refractivity contribution is -0.119. The number of anilines is 1. The Morgan fingerprint density at radius 2 is 2.29 bits per heavy atom. The highest BCUT2D eigenvalue weighted by Crippen LogP contribution is 2.21. The molecule has 1 rings (SSSR count). The fourth-order valence-corrected chi connectivity index (χ4v) is 1.22. The van der Waals surface area contributed by atoms with Gasteiger partial charge in [-0.25, -0.2) is 4.39 Å². The maximum atomic E-state index is 13.5. The SMILES string of the molecule is CCOc1ccc(NC(=O)C(C)CN)cc1F. The van der Waals surface area contributed by atoms with Gasteiger partial charge in [0.2, 0.25) is 5.91 Å². The van der Waals surface area contributed by atoms with Gasteiger partial charge in [0, 0.05) is 24.2 Å². The third-order valence-electron chi connectivity index (χ3n) is 2.30. The Hall–Kier alpha value is -1.62. The van der Waals surface area contributed by atoms with Crippen LogP contribution in [0.4, 0.5) is 10.1 Å². The molecule has 1 atom stereocenters.